The topological polar surface area (TPSA) is 91.1 Å². The first-order valence-corrected chi connectivity index (χ1v) is 12.5. The van der Waals surface area contributed by atoms with Gasteiger partial charge in [0, 0.05) is 23.4 Å². The summed E-state index contributed by atoms with van der Waals surface area (Å²) in [4.78, 5) is 42.6. The summed E-state index contributed by atoms with van der Waals surface area (Å²) < 4.78 is 0. The molecule has 2 aliphatic rings. The van der Waals surface area contributed by atoms with Gasteiger partial charge < -0.3 is 15.6 Å². The maximum atomic E-state index is 13.3. The van der Waals surface area contributed by atoms with Crippen LogP contribution in [0.2, 0.25) is 0 Å². The third-order valence-corrected chi connectivity index (χ3v) is 7.21. The fourth-order valence-corrected chi connectivity index (χ4v) is 5.12. The quantitative estimate of drug-likeness (QED) is 0.498. The van der Waals surface area contributed by atoms with E-state index in [2.05, 4.69) is 42.5 Å². The van der Waals surface area contributed by atoms with E-state index in [0.717, 1.165) is 41.8 Å². The molecule has 2 aliphatic carbocycles. The third kappa shape index (κ3) is 5.26. The highest BCUT2D eigenvalue weighted by molar-refractivity contribution is 6.06. The van der Waals surface area contributed by atoms with Gasteiger partial charge in [-0.05, 0) is 68.1 Å². The summed E-state index contributed by atoms with van der Waals surface area (Å²) >= 11 is 0. The van der Waals surface area contributed by atoms with E-state index in [4.69, 9.17) is 0 Å². The number of aromatic nitrogens is 1. The highest BCUT2D eigenvalue weighted by Crippen LogP contribution is 2.37. The lowest BCUT2D eigenvalue weighted by Gasteiger charge is -2.28. The third-order valence-electron chi connectivity index (χ3n) is 7.21. The molecule has 0 bridgehead atoms. The van der Waals surface area contributed by atoms with Gasteiger partial charge in [0.25, 0.3) is 5.91 Å². The second kappa shape index (κ2) is 9.40. The molecule has 1 unspecified atom stereocenters. The summed E-state index contributed by atoms with van der Waals surface area (Å²) in [6.07, 6.45) is 5.92. The molecule has 34 heavy (non-hydrogen) atoms. The molecular formula is C28H37N3O3. The monoisotopic (exact) mass is 463 g/mol. The summed E-state index contributed by atoms with van der Waals surface area (Å²) in [5, 5.41) is 6.03. The van der Waals surface area contributed by atoms with Crippen molar-refractivity contribution in [3.63, 3.8) is 0 Å². The molecule has 0 saturated heterocycles. The zero-order valence-corrected chi connectivity index (χ0v) is 21.1. The lowest BCUT2D eigenvalue weighted by atomic mass is 9.75. The Kier molecular flexibility index (Phi) is 6.70. The molecule has 1 aromatic heterocycles. The van der Waals surface area contributed by atoms with Crippen molar-refractivity contribution < 1.29 is 14.4 Å². The van der Waals surface area contributed by atoms with Gasteiger partial charge in [-0.25, -0.2) is 0 Å². The predicted molar refractivity (Wildman–Crippen MR) is 134 cm³/mol. The van der Waals surface area contributed by atoms with E-state index in [1.807, 2.05) is 26.0 Å². The Morgan fingerprint density at radius 3 is 2.59 bits per heavy atom. The molecule has 4 rings (SSSR count). The molecule has 0 aliphatic heterocycles. The van der Waals surface area contributed by atoms with Crippen LogP contribution in [0.3, 0.4) is 0 Å². The van der Waals surface area contributed by atoms with Gasteiger partial charge in [-0.3, -0.25) is 14.4 Å². The predicted octanol–water partition coefficient (Wildman–Crippen LogP) is 5.28. The molecule has 1 fully saturated rings. The minimum absolute atomic E-state index is 0.0774. The number of Topliss-reactive ketones (excluding diaryl/α,β-unsaturated/α-hetero) is 1. The largest absolute Gasteiger partial charge is 0.354 e. The SMILES string of the molecule is CCc1cc(C)ccc1NC(=O)C(CCC1CC1)NC(=O)c1[nH]c2c(c1C)C(=O)CC(C)(C)C2. The van der Waals surface area contributed by atoms with Crippen LogP contribution in [-0.2, 0) is 17.6 Å². The Morgan fingerprint density at radius 2 is 1.91 bits per heavy atom. The fourth-order valence-electron chi connectivity index (χ4n) is 5.12. The molecule has 2 aromatic rings. The van der Waals surface area contributed by atoms with Crippen LogP contribution in [-0.4, -0.2) is 28.6 Å². The standard InChI is InChI=1S/C28H37N3O3/c1-6-19-13-16(2)7-11-20(19)30-26(33)21(12-10-18-8-9-18)31-27(34)25-17(3)24-22(29-25)14-28(4,5)15-23(24)32/h7,11,13,18,21,29H,6,8-10,12,14-15H2,1-5H3,(H,30,33)(H,31,34). The minimum atomic E-state index is -0.633. The number of carbonyl (C=O) groups is 3. The normalized spacial score (nSPS) is 17.7. The molecule has 1 heterocycles. The Bertz CT molecular complexity index is 1120. The van der Waals surface area contributed by atoms with Crippen molar-refractivity contribution in [3.05, 3.63) is 51.8 Å². The van der Waals surface area contributed by atoms with Crippen molar-refractivity contribution in [2.24, 2.45) is 11.3 Å². The lowest BCUT2D eigenvalue weighted by Crippen LogP contribution is -2.44. The molecule has 1 atom stereocenters. The highest BCUT2D eigenvalue weighted by Gasteiger charge is 2.36. The van der Waals surface area contributed by atoms with Crippen molar-refractivity contribution >= 4 is 23.3 Å². The van der Waals surface area contributed by atoms with Crippen LogP contribution >= 0.6 is 0 Å². The van der Waals surface area contributed by atoms with Crippen molar-refractivity contribution in [1.29, 1.82) is 0 Å². The Balaban J connectivity index is 1.54. The summed E-state index contributed by atoms with van der Waals surface area (Å²) in [6, 6.07) is 5.37. The zero-order valence-electron chi connectivity index (χ0n) is 21.1. The molecule has 1 saturated carbocycles. The number of H-pyrrole nitrogens is 1. The van der Waals surface area contributed by atoms with Gasteiger partial charge in [0.15, 0.2) is 5.78 Å². The van der Waals surface area contributed by atoms with Crippen LogP contribution in [0.4, 0.5) is 5.69 Å². The van der Waals surface area contributed by atoms with E-state index in [0.29, 0.717) is 35.6 Å². The van der Waals surface area contributed by atoms with Crippen LogP contribution < -0.4 is 10.6 Å². The number of rotatable bonds is 8. The van der Waals surface area contributed by atoms with E-state index >= 15 is 0 Å². The fraction of sp³-hybridized carbons (Fsp3) is 0.536. The first kappa shape index (κ1) is 24.2. The molecule has 6 nitrogen and oxygen atoms in total. The van der Waals surface area contributed by atoms with Crippen LogP contribution in [0.5, 0.6) is 0 Å². The molecular weight excluding hydrogens is 426 g/mol. The number of aryl methyl sites for hydroxylation is 2. The molecule has 1 aromatic carbocycles. The van der Waals surface area contributed by atoms with Crippen LogP contribution in [0.25, 0.3) is 0 Å². The number of ketones is 1. The molecule has 182 valence electrons. The minimum Gasteiger partial charge on any atom is -0.354 e. The summed E-state index contributed by atoms with van der Waals surface area (Å²) in [5.41, 5.74) is 5.44. The number of anilines is 1. The van der Waals surface area contributed by atoms with E-state index in [1.165, 1.54) is 12.8 Å². The van der Waals surface area contributed by atoms with Crippen LogP contribution in [0.1, 0.15) is 96.1 Å². The van der Waals surface area contributed by atoms with Gasteiger partial charge in [-0.1, -0.05) is 51.3 Å². The van der Waals surface area contributed by atoms with E-state index in [9.17, 15) is 14.4 Å². The number of fused-ring (bicyclic) bond motifs is 1. The van der Waals surface area contributed by atoms with Crippen molar-refractivity contribution in [2.45, 2.75) is 85.6 Å². The molecule has 0 spiro atoms. The Hall–Kier alpha value is -2.89. The number of aromatic amines is 1. The van der Waals surface area contributed by atoms with Gasteiger partial charge in [0.05, 0.1) is 0 Å². The van der Waals surface area contributed by atoms with Crippen LogP contribution in [0, 0.1) is 25.2 Å². The van der Waals surface area contributed by atoms with E-state index in [1.54, 1.807) is 0 Å². The van der Waals surface area contributed by atoms with E-state index < -0.39 is 6.04 Å². The van der Waals surface area contributed by atoms with Crippen LogP contribution in [0.15, 0.2) is 18.2 Å². The number of benzene rings is 1. The van der Waals surface area contributed by atoms with Crippen molar-refractivity contribution in [3.8, 4) is 0 Å². The number of hydrogen-bond acceptors (Lipinski definition) is 3. The lowest BCUT2D eigenvalue weighted by molar-refractivity contribution is -0.118. The van der Waals surface area contributed by atoms with Gasteiger partial charge in [-0.15, -0.1) is 0 Å². The molecule has 2 amide bonds. The number of hydrogen-bond donors (Lipinski definition) is 3. The van der Waals surface area contributed by atoms with Gasteiger partial charge in [0.1, 0.15) is 11.7 Å². The maximum absolute atomic E-state index is 13.3. The Labute approximate surface area is 202 Å². The first-order valence-electron chi connectivity index (χ1n) is 12.5. The second-order valence-electron chi connectivity index (χ2n) is 11.0. The average molecular weight is 464 g/mol. The highest BCUT2D eigenvalue weighted by atomic mass is 16.2. The van der Waals surface area contributed by atoms with Gasteiger partial charge in [0.2, 0.25) is 5.91 Å². The first-order chi connectivity index (χ1) is 16.1. The molecule has 0 radical (unpaired) electrons. The smallest absolute Gasteiger partial charge is 0.268 e. The summed E-state index contributed by atoms with van der Waals surface area (Å²) in [6.45, 7) is 10.1. The number of nitrogens with one attached hydrogen (secondary N) is 3. The van der Waals surface area contributed by atoms with Gasteiger partial charge in [-0.2, -0.15) is 0 Å². The van der Waals surface area contributed by atoms with Crippen molar-refractivity contribution in [2.75, 3.05) is 5.32 Å². The number of carbonyl (C=O) groups excluding carboxylic acids is 3. The van der Waals surface area contributed by atoms with E-state index in [-0.39, 0.29) is 23.0 Å². The summed E-state index contributed by atoms with van der Waals surface area (Å²) in [5.74, 6) is 0.206. The Morgan fingerprint density at radius 1 is 1.18 bits per heavy atom. The second-order valence-corrected chi connectivity index (χ2v) is 11.0. The summed E-state index contributed by atoms with van der Waals surface area (Å²) in [7, 11) is 0. The zero-order chi connectivity index (χ0) is 24.6. The van der Waals surface area contributed by atoms with Crippen molar-refractivity contribution in [1.82, 2.24) is 10.3 Å². The van der Waals surface area contributed by atoms with Gasteiger partial charge >= 0.3 is 0 Å². The maximum Gasteiger partial charge on any atom is 0.268 e. The molecule has 3 N–H and O–H groups in total. The number of amides is 2. The molecule has 6 heteroatoms. The average Bonchev–Trinajstić information content (AvgIpc) is 3.53.